The molecule has 2 amide bonds. The number of Topliss-reactive ketones (excluding diaryl/α,β-unsaturated/α-hetero) is 1. The number of methoxy groups -OCH3 is 1. The van der Waals surface area contributed by atoms with Crippen molar-refractivity contribution in [3.8, 4) is 5.75 Å². The number of hydrogen-bond acceptors (Lipinski definition) is 9. The molecule has 0 aromatic heterocycles. The molecule has 2 fully saturated rings. The van der Waals surface area contributed by atoms with Crippen LogP contribution in [0, 0.1) is 17.0 Å². The highest BCUT2D eigenvalue weighted by atomic mass is 16.8. The summed E-state index contributed by atoms with van der Waals surface area (Å²) in [5, 5.41) is 19.3. The van der Waals surface area contributed by atoms with E-state index in [4.69, 9.17) is 9.47 Å². The van der Waals surface area contributed by atoms with Gasteiger partial charge in [0.25, 0.3) is 0 Å². The monoisotopic (exact) mass is 519 g/mol. The van der Waals surface area contributed by atoms with Crippen LogP contribution in [0.25, 0.3) is 0 Å². The normalized spacial score (nSPS) is 24.6. The van der Waals surface area contributed by atoms with Crippen molar-refractivity contribution >= 4 is 34.9 Å². The highest BCUT2D eigenvalue weighted by Crippen LogP contribution is 2.48. The molecule has 5 atom stereocenters. The van der Waals surface area contributed by atoms with Gasteiger partial charge in [-0.25, -0.2) is 14.9 Å². The van der Waals surface area contributed by atoms with Crippen molar-refractivity contribution in [2.24, 2.45) is 11.8 Å². The lowest BCUT2D eigenvalue weighted by atomic mass is 9.86. The zero-order chi connectivity index (χ0) is 27.1. The van der Waals surface area contributed by atoms with E-state index < -0.39 is 52.7 Å². The van der Waals surface area contributed by atoms with Gasteiger partial charge in [0.05, 0.1) is 42.9 Å². The van der Waals surface area contributed by atoms with Gasteiger partial charge in [0.1, 0.15) is 11.8 Å². The Morgan fingerprint density at radius 3 is 2.39 bits per heavy atom. The Morgan fingerprint density at radius 2 is 1.74 bits per heavy atom. The van der Waals surface area contributed by atoms with E-state index in [1.807, 2.05) is 0 Å². The Labute approximate surface area is 217 Å². The van der Waals surface area contributed by atoms with Crippen LogP contribution in [0.15, 0.2) is 72.5 Å². The molecule has 2 saturated heterocycles. The quantitative estimate of drug-likeness (QED) is 0.239. The van der Waals surface area contributed by atoms with Crippen LogP contribution in [-0.2, 0) is 19.1 Å². The first-order valence-corrected chi connectivity index (χ1v) is 12.0. The fourth-order valence-electron chi connectivity index (χ4n) is 5.40. The lowest BCUT2D eigenvalue weighted by molar-refractivity contribution is -0.991. The standard InChI is InChI=1S/C27H25N3O8/c1-3-38-27(34)16-12-13-28-19(14-16)21-22(23(28)24(31)15-8-10-17(11-9-15)30(35)36)26(33)29(25(21)32)18-6-4-5-7-20(18)37-2/h4-14,19,21-23,30,35H,3H2,1-2H3/t19-,21-,22+,23-/m1/s1. The van der Waals surface area contributed by atoms with Gasteiger partial charge < -0.3 is 19.6 Å². The van der Waals surface area contributed by atoms with E-state index in [9.17, 15) is 29.6 Å². The molecule has 11 nitrogen and oxygen atoms in total. The molecular weight excluding hydrogens is 494 g/mol. The van der Waals surface area contributed by atoms with Gasteiger partial charge >= 0.3 is 5.97 Å². The zero-order valence-electron chi connectivity index (χ0n) is 20.6. The maximum atomic E-state index is 13.9. The molecule has 2 N–H and O–H groups in total. The van der Waals surface area contributed by atoms with Crippen LogP contribution < -0.4 is 14.9 Å². The van der Waals surface area contributed by atoms with E-state index in [0.29, 0.717) is 5.75 Å². The molecule has 0 bridgehead atoms. The number of ketones is 1. The van der Waals surface area contributed by atoms with E-state index in [2.05, 4.69) is 0 Å². The first-order valence-electron chi connectivity index (χ1n) is 12.0. The van der Waals surface area contributed by atoms with Crippen molar-refractivity contribution in [3.05, 3.63) is 83.2 Å². The number of fused-ring (bicyclic) bond motifs is 3. The number of para-hydroxylation sites is 2. The molecule has 3 aliphatic rings. The van der Waals surface area contributed by atoms with Gasteiger partial charge in [-0.05, 0) is 43.3 Å². The first-order chi connectivity index (χ1) is 18.3. The molecule has 3 aliphatic heterocycles. The number of imide groups is 1. The van der Waals surface area contributed by atoms with E-state index in [1.165, 1.54) is 43.7 Å². The minimum absolute atomic E-state index is 0.0121. The molecular formula is C27H25N3O8. The lowest BCUT2D eigenvalue weighted by Crippen LogP contribution is -2.99. The minimum Gasteiger partial charge on any atom is -0.595 e. The summed E-state index contributed by atoms with van der Waals surface area (Å²) >= 11 is 0. The fraction of sp³-hybridized carbons (Fsp3) is 0.259. The molecule has 5 rings (SSSR count). The molecule has 0 radical (unpaired) electrons. The lowest BCUT2D eigenvalue weighted by Gasteiger charge is -2.32. The summed E-state index contributed by atoms with van der Waals surface area (Å²) in [6.07, 6.45) is 4.60. The van der Waals surface area contributed by atoms with E-state index in [1.54, 1.807) is 42.2 Å². The van der Waals surface area contributed by atoms with Crippen LogP contribution in [0.5, 0.6) is 5.75 Å². The largest absolute Gasteiger partial charge is 0.595 e. The van der Waals surface area contributed by atoms with Crippen LogP contribution in [0.1, 0.15) is 17.3 Å². The number of benzene rings is 2. The highest BCUT2D eigenvalue weighted by molar-refractivity contribution is 6.25. The molecule has 0 aliphatic carbocycles. The molecule has 2 aromatic rings. The van der Waals surface area contributed by atoms with Crippen LogP contribution in [0.4, 0.5) is 11.4 Å². The van der Waals surface area contributed by atoms with Crippen molar-refractivity contribution in [1.29, 1.82) is 0 Å². The second-order valence-corrected chi connectivity index (χ2v) is 9.02. The Bertz CT molecular complexity index is 1370. The smallest absolute Gasteiger partial charge is 0.337 e. The summed E-state index contributed by atoms with van der Waals surface area (Å²) in [5.74, 6) is -3.76. The van der Waals surface area contributed by atoms with Gasteiger partial charge in [-0.3, -0.25) is 14.4 Å². The van der Waals surface area contributed by atoms with Crippen LogP contribution in [0.2, 0.25) is 0 Å². The van der Waals surface area contributed by atoms with E-state index >= 15 is 0 Å². The van der Waals surface area contributed by atoms with Crippen molar-refractivity contribution < 1.29 is 39.1 Å². The van der Waals surface area contributed by atoms with E-state index in [0.717, 1.165) is 4.90 Å². The number of nitrogens with one attached hydrogen (secondary N) is 1. The van der Waals surface area contributed by atoms with Crippen LogP contribution in [-0.4, -0.2) is 59.5 Å². The summed E-state index contributed by atoms with van der Waals surface area (Å²) in [4.78, 5) is 56.7. The third kappa shape index (κ3) is 3.97. The summed E-state index contributed by atoms with van der Waals surface area (Å²) in [6.45, 7) is 1.84. The van der Waals surface area contributed by atoms with Gasteiger partial charge in [0.15, 0.2) is 11.5 Å². The van der Waals surface area contributed by atoms with Crippen molar-refractivity contribution in [1.82, 2.24) is 4.90 Å². The average molecular weight is 520 g/mol. The number of rotatable bonds is 7. The number of esters is 1. The minimum atomic E-state index is -1.13. The second kappa shape index (κ2) is 9.86. The zero-order valence-corrected chi connectivity index (χ0v) is 20.6. The summed E-state index contributed by atoms with van der Waals surface area (Å²) < 4.78 is 10.5. The SMILES string of the molecule is CCOC(=O)C1=C[C@@H]2[C@H]3C(=O)N(c4ccccc4OC)C(=O)[C@@H]3[C@H](C(=O)c3ccc([NH+]([O-])O)cc3)N2C=C1. The van der Waals surface area contributed by atoms with Crippen molar-refractivity contribution in [2.75, 3.05) is 18.6 Å². The molecule has 196 valence electrons. The Balaban J connectivity index is 1.59. The second-order valence-electron chi connectivity index (χ2n) is 9.02. The summed E-state index contributed by atoms with van der Waals surface area (Å²) in [5.41, 5.74) is 0.702. The van der Waals surface area contributed by atoms with Gasteiger partial charge in [0.2, 0.25) is 11.8 Å². The van der Waals surface area contributed by atoms with Crippen LogP contribution >= 0.6 is 0 Å². The number of carbonyl (C=O) groups is 4. The maximum absolute atomic E-state index is 13.9. The fourth-order valence-corrected chi connectivity index (χ4v) is 5.40. The summed E-state index contributed by atoms with van der Waals surface area (Å²) in [6, 6.07) is 10.2. The molecule has 11 heteroatoms. The molecule has 1 unspecified atom stereocenters. The Hall–Kier alpha value is -4.32. The molecule has 38 heavy (non-hydrogen) atoms. The van der Waals surface area contributed by atoms with Gasteiger partial charge in [0, 0.05) is 23.9 Å². The Morgan fingerprint density at radius 1 is 1.05 bits per heavy atom. The third-order valence-corrected chi connectivity index (χ3v) is 7.07. The topological polar surface area (TPSA) is 141 Å². The number of anilines is 1. The molecule has 0 saturated carbocycles. The van der Waals surface area contributed by atoms with Crippen molar-refractivity contribution in [2.45, 2.75) is 19.0 Å². The first kappa shape index (κ1) is 25.3. The number of amides is 2. The predicted molar refractivity (Wildman–Crippen MR) is 132 cm³/mol. The van der Waals surface area contributed by atoms with Crippen molar-refractivity contribution in [3.63, 3.8) is 0 Å². The number of ether oxygens (including phenoxy) is 2. The highest BCUT2D eigenvalue weighted by Gasteiger charge is 2.64. The average Bonchev–Trinajstić information content (AvgIpc) is 3.39. The third-order valence-electron chi connectivity index (χ3n) is 7.07. The number of carbonyl (C=O) groups excluding carboxylic acids is 4. The molecule has 3 heterocycles. The molecule has 2 aromatic carbocycles. The van der Waals surface area contributed by atoms with Gasteiger partial charge in [-0.2, -0.15) is 5.23 Å². The van der Waals surface area contributed by atoms with Crippen LogP contribution in [0.3, 0.4) is 0 Å². The number of nitrogens with zero attached hydrogens (tertiary/aromatic N) is 2. The summed E-state index contributed by atoms with van der Waals surface area (Å²) in [7, 11) is 1.43. The number of hydrogen-bond donors (Lipinski definition) is 2. The molecule has 0 spiro atoms. The predicted octanol–water partition coefficient (Wildman–Crippen LogP) is 1.16. The number of quaternary nitrogens is 1. The van der Waals surface area contributed by atoms with E-state index in [-0.39, 0.29) is 29.1 Å². The maximum Gasteiger partial charge on any atom is 0.337 e. The van der Waals surface area contributed by atoms with Gasteiger partial charge in [-0.1, -0.05) is 12.1 Å². The van der Waals surface area contributed by atoms with Gasteiger partial charge in [-0.15, -0.1) is 0 Å². The Kier molecular flexibility index (Phi) is 6.57.